The molecule has 0 aromatic carbocycles. The number of aliphatic hydroxyl groups is 1. The van der Waals surface area contributed by atoms with Crippen LogP contribution in [0.1, 0.15) is 110 Å². The lowest BCUT2D eigenvalue weighted by Gasteiger charge is -2.24. The molecule has 184 valence electrons. The Morgan fingerprint density at radius 1 is 0.806 bits per heavy atom. The molecule has 0 amide bonds. The molecule has 0 aromatic heterocycles. The molecule has 0 heterocycles. The van der Waals surface area contributed by atoms with E-state index in [4.69, 9.17) is 9.16 Å². The summed E-state index contributed by atoms with van der Waals surface area (Å²) in [6.07, 6.45) is 22.5. The van der Waals surface area contributed by atoms with E-state index < -0.39 is 20.4 Å². The van der Waals surface area contributed by atoms with E-state index in [1.165, 1.54) is 103 Å². The Balaban J connectivity index is 3.41. The monoisotopic (exact) mass is 456 g/mol. The van der Waals surface area contributed by atoms with Crippen molar-refractivity contribution in [2.24, 2.45) is 0 Å². The molecule has 0 radical (unpaired) electrons. The van der Waals surface area contributed by atoms with Gasteiger partial charge in [-0.15, -0.1) is 0 Å². The first-order valence-electron chi connectivity index (χ1n) is 13.0. The van der Waals surface area contributed by atoms with Crippen molar-refractivity contribution in [2.75, 3.05) is 13.2 Å². The van der Waals surface area contributed by atoms with Crippen molar-refractivity contribution >= 4 is 14.3 Å². The molecule has 0 rings (SSSR count). The van der Waals surface area contributed by atoms with Crippen molar-refractivity contribution in [3.05, 3.63) is 12.7 Å². The summed E-state index contributed by atoms with van der Waals surface area (Å²) in [4.78, 5) is 11.0. The second-order valence-electron chi connectivity index (χ2n) is 9.61. The van der Waals surface area contributed by atoms with Gasteiger partial charge in [0.2, 0.25) is 0 Å². The zero-order chi connectivity index (χ0) is 23.2. The fraction of sp³-hybridized carbons (Fsp3) is 0.885. The molecule has 31 heavy (non-hydrogen) atoms. The maximum Gasteiger partial charge on any atom is 0.330 e. The summed E-state index contributed by atoms with van der Waals surface area (Å²) in [5, 5.41) is 9.86. The first-order valence-corrected chi connectivity index (χ1v) is 16.1. The van der Waals surface area contributed by atoms with Gasteiger partial charge in [-0.25, -0.2) is 4.79 Å². The number of hydrogen-bond donors (Lipinski definition) is 1. The third-order valence-electron chi connectivity index (χ3n) is 5.88. The Bertz CT molecular complexity index is 426. The quantitative estimate of drug-likeness (QED) is 0.0746. The molecule has 0 saturated carbocycles. The molecule has 0 saturated heterocycles. The van der Waals surface area contributed by atoms with Gasteiger partial charge in [-0.2, -0.15) is 0 Å². The number of aliphatic hydroxyl groups excluding tert-OH is 1. The molecule has 1 unspecified atom stereocenters. The van der Waals surface area contributed by atoms with Crippen LogP contribution in [-0.4, -0.2) is 38.7 Å². The highest BCUT2D eigenvalue weighted by Gasteiger charge is 2.23. The highest BCUT2D eigenvalue weighted by atomic mass is 28.4. The van der Waals surface area contributed by atoms with Gasteiger partial charge in [0, 0.05) is 6.08 Å². The number of esters is 1. The predicted molar refractivity (Wildman–Crippen MR) is 135 cm³/mol. The van der Waals surface area contributed by atoms with E-state index in [-0.39, 0.29) is 13.2 Å². The zero-order valence-electron chi connectivity index (χ0n) is 21.0. The minimum absolute atomic E-state index is 0.0334. The van der Waals surface area contributed by atoms with E-state index in [1.54, 1.807) is 0 Å². The van der Waals surface area contributed by atoms with Gasteiger partial charge in [0.05, 0.1) is 6.61 Å². The third kappa shape index (κ3) is 22.3. The van der Waals surface area contributed by atoms with E-state index in [2.05, 4.69) is 26.6 Å². The summed E-state index contributed by atoms with van der Waals surface area (Å²) < 4.78 is 10.8. The maximum atomic E-state index is 11.0. The van der Waals surface area contributed by atoms with E-state index in [1.807, 2.05) is 0 Å². The van der Waals surface area contributed by atoms with Crippen molar-refractivity contribution in [2.45, 2.75) is 135 Å². The molecule has 0 bridgehead atoms. The van der Waals surface area contributed by atoms with Gasteiger partial charge in [0.15, 0.2) is 8.32 Å². The van der Waals surface area contributed by atoms with Crippen LogP contribution in [0.5, 0.6) is 0 Å². The smallest absolute Gasteiger partial charge is 0.330 e. The Labute approximate surface area is 194 Å². The molecular formula is C26H52O4Si. The maximum absolute atomic E-state index is 11.0. The van der Waals surface area contributed by atoms with Crippen LogP contribution < -0.4 is 0 Å². The van der Waals surface area contributed by atoms with Gasteiger partial charge in [-0.1, -0.05) is 116 Å². The first kappa shape index (κ1) is 30.3. The Kier molecular flexibility index (Phi) is 20.8. The molecule has 0 spiro atoms. The SMILES string of the molecule is C=CC(=O)OCC(O)CO[Si](C)(C)CCCCCCCCCCCCCCCCCC. The van der Waals surface area contributed by atoms with Gasteiger partial charge in [-0.05, 0) is 19.1 Å². The minimum Gasteiger partial charge on any atom is -0.460 e. The van der Waals surface area contributed by atoms with Crippen LogP contribution in [0.25, 0.3) is 0 Å². The second kappa shape index (κ2) is 21.2. The van der Waals surface area contributed by atoms with Crippen molar-refractivity contribution < 1.29 is 19.1 Å². The Morgan fingerprint density at radius 3 is 1.65 bits per heavy atom. The average molecular weight is 457 g/mol. The van der Waals surface area contributed by atoms with Crippen LogP contribution in [-0.2, 0) is 14.0 Å². The van der Waals surface area contributed by atoms with Gasteiger partial charge in [-0.3, -0.25) is 0 Å². The fourth-order valence-corrected chi connectivity index (χ4v) is 5.67. The van der Waals surface area contributed by atoms with Crippen LogP contribution >= 0.6 is 0 Å². The van der Waals surface area contributed by atoms with E-state index >= 15 is 0 Å². The summed E-state index contributed by atoms with van der Waals surface area (Å²) in [7, 11) is -1.76. The number of carbonyl (C=O) groups is 1. The van der Waals surface area contributed by atoms with Gasteiger partial charge < -0.3 is 14.3 Å². The summed E-state index contributed by atoms with van der Waals surface area (Å²) >= 11 is 0. The molecular weight excluding hydrogens is 404 g/mol. The number of hydrogen-bond acceptors (Lipinski definition) is 4. The van der Waals surface area contributed by atoms with Crippen LogP contribution in [0.4, 0.5) is 0 Å². The normalized spacial score (nSPS) is 12.6. The van der Waals surface area contributed by atoms with Crippen LogP contribution in [0.2, 0.25) is 19.1 Å². The number of carbonyl (C=O) groups excluding carboxylic acids is 1. The van der Waals surface area contributed by atoms with Crippen molar-refractivity contribution in [1.82, 2.24) is 0 Å². The average Bonchev–Trinajstić information content (AvgIpc) is 2.75. The molecule has 0 aliphatic rings. The summed E-state index contributed by atoms with van der Waals surface area (Å²) in [5.41, 5.74) is 0. The van der Waals surface area contributed by atoms with Crippen LogP contribution in [0.15, 0.2) is 12.7 Å². The van der Waals surface area contributed by atoms with E-state index in [9.17, 15) is 9.90 Å². The van der Waals surface area contributed by atoms with E-state index in [0.717, 1.165) is 12.1 Å². The number of unbranched alkanes of at least 4 members (excludes halogenated alkanes) is 15. The third-order valence-corrected chi connectivity index (χ3v) is 8.39. The number of ether oxygens (including phenoxy) is 1. The highest BCUT2D eigenvalue weighted by molar-refractivity contribution is 6.71. The van der Waals surface area contributed by atoms with Crippen molar-refractivity contribution in [3.63, 3.8) is 0 Å². The highest BCUT2D eigenvalue weighted by Crippen LogP contribution is 2.18. The van der Waals surface area contributed by atoms with Gasteiger partial charge >= 0.3 is 5.97 Å². The standard InChI is InChI=1S/C26H52O4Si/c1-5-7-8-9-10-11-12-13-14-15-16-17-18-19-20-21-22-31(3,4)30-24-25(27)23-29-26(28)6-2/h6,25,27H,2,5,7-24H2,1,3-4H3. The zero-order valence-corrected chi connectivity index (χ0v) is 22.0. The molecule has 1 atom stereocenters. The lowest BCUT2D eigenvalue weighted by Crippen LogP contribution is -2.35. The molecule has 5 heteroatoms. The second-order valence-corrected chi connectivity index (χ2v) is 13.9. The molecule has 1 N–H and O–H groups in total. The largest absolute Gasteiger partial charge is 0.460 e. The first-order chi connectivity index (χ1) is 14.9. The fourth-order valence-electron chi connectivity index (χ4n) is 3.78. The van der Waals surface area contributed by atoms with E-state index in [0.29, 0.717) is 0 Å². The number of rotatable bonds is 23. The lowest BCUT2D eigenvalue weighted by atomic mass is 10.0. The molecule has 0 aliphatic heterocycles. The molecule has 0 fully saturated rings. The lowest BCUT2D eigenvalue weighted by molar-refractivity contribution is -0.141. The molecule has 4 nitrogen and oxygen atoms in total. The summed E-state index contributed by atoms with van der Waals surface area (Å²) in [5.74, 6) is -0.510. The summed E-state index contributed by atoms with van der Waals surface area (Å²) in [6, 6.07) is 1.12. The van der Waals surface area contributed by atoms with Crippen molar-refractivity contribution in [3.8, 4) is 0 Å². The predicted octanol–water partition coefficient (Wildman–Crippen LogP) is 7.56. The molecule has 0 aromatic rings. The summed E-state index contributed by atoms with van der Waals surface area (Å²) in [6.45, 7) is 10.2. The van der Waals surface area contributed by atoms with Gasteiger partial charge in [0.25, 0.3) is 0 Å². The Hall–Kier alpha value is -0.653. The van der Waals surface area contributed by atoms with Gasteiger partial charge in [0.1, 0.15) is 12.7 Å². The minimum atomic E-state index is -1.76. The molecule has 0 aliphatic carbocycles. The Morgan fingerprint density at radius 2 is 1.23 bits per heavy atom. The van der Waals surface area contributed by atoms with Crippen LogP contribution in [0, 0.1) is 0 Å². The topological polar surface area (TPSA) is 55.8 Å². The van der Waals surface area contributed by atoms with Crippen LogP contribution in [0.3, 0.4) is 0 Å². The van der Waals surface area contributed by atoms with Crippen molar-refractivity contribution in [1.29, 1.82) is 0 Å².